The number of halogens is 1. The molecule has 0 saturated carbocycles. The third-order valence-corrected chi connectivity index (χ3v) is 6.33. The summed E-state index contributed by atoms with van der Waals surface area (Å²) in [6, 6.07) is 12.0. The number of benzene rings is 2. The molecule has 0 N–H and O–H groups in total. The summed E-state index contributed by atoms with van der Waals surface area (Å²) in [7, 11) is 0. The molecule has 3 heterocycles. The van der Waals surface area contributed by atoms with Crippen LogP contribution in [0.5, 0.6) is 0 Å². The van der Waals surface area contributed by atoms with E-state index < -0.39 is 0 Å². The molecule has 162 valence electrons. The monoisotopic (exact) mass is 448 g/mol. The topological polar surface area (TPSA) is 60.2 Å². The molecule has 2 aromatic heterocycles. The van der Waals surface area contributed by atoms with Crippen LogP contribution in [0.1, 0.15) is 10.4 Å². The average molecular weight is 449 g/mol. The number of carbonyl (C=O) groups excluding carboxylic acids is 1. The smallest absolute Gasteiger partial charge is 0.254 e. The second-order valence-corrected chi connectivity index (χ2v) is 8.33. The molecule has 32 heavy (non-hydrogen) atoms. The van der Waals surface area contributed by atoms with E-state index in [1.165, 1.54) is 12.1 Å². The molecule has 1 aliphatic rings. The number of hydrogen-bond acceptors (Lipinski definition) is 5. The van der Waals surface area contributed by atoms with E-state index in [0.717, 1.165) is 26.9 Å². The van der Waals surface area contributed by atoms with Crippen LogP contribution in [-0.2, 0) is 4.74 Å². The lowest BCUT2D eigenvalue weighted by Crippen LogP contribution is -2.40. The summed E-state index contributed by atoms with van der Waals surface area (Å²) >= 11 is 1.63. The Morgan fingerprint density at radius 2 is 1.75 bits per heavy atom. The van der Waals surface area contributed by atoms with Crippen LogP contribution < -0.4 is 0 Å². The van der Waals surface area contributed by atoms with Crippen molar-refractivity contribution < 1.29 is 13.9 Å². The summed E-state index contributed by atoms with van der Waals surface area (Å²) in [6.07, 6.45) is 7.46. The molecule has 0 aliphatic carbocycles. The summed E-state index contributed by atoms with van der Waals surface area (Å²) in [5.41, 5.74) is 3.16. The number of nitrogens with zero attached hydrogens (tertiary/aromatic N) is 4. The van der Waals surface area contributed by atoms with Gasteiger partial charge in [-0.3, -0.25) is 9.36 Å². The number of rotatable bonds is 4. The second-order valence-electron chi connectivity index (χ2n) is 7.48. The molecule has 0 unspecified atom stereocenters. The molecule has 0 atom stereocenters. The van der Waals surface area contributed by atoms with Gasteiger partial charge in [-0.25, -0.2) is 14.4 Å². The maximum Gasteiger partial charge on any atom is 0.254 e. The van der Waals surface area contributed by atoms with E-state index in [2.05, 4.69) is 9.97 Å². The van der Waals surface area contributed by atoms with E-state index >= 15 is 0 Å². The normalized spacial score (nSPS) is 14.1. The van der Waals surface area contributed by atoms with Crippen LogP contribution in [-0.4, -0.2) is 57.9 Å². The minimum Gasteiger partial charge on any atom is -0.378 e. The molecule has 6 nitrogen and oxygen atoms in total. The third kappa shape index (κ3) is 3.87. The highest BCUT2D eigenvalue weighted by Crippen LogP contribution is 2.31. The van der Waals surface area contributed by atoms with Crippen LogP contribution in [0.4, 0.5) is 4.39 Å². The minimum absolute atomic E-state index is 0.00114. The van der Waals surface area contributed by atoms with Crippen molar-refractivity contribution in [2.24, 2.45) is 0 Å². The fourth-order valence-electron chi connectivity index (χ4n) is 3.84. The summed E-state index contributed by atoms with van der Waals surface area (Å²) in [5.74, 6) is 0.232. The Bertz CT molecular complexity index is 1270. The van der Waals surface area contributed by atoms with E-state index in [4.69, 9.17) is 4.74 Å². The largest absolute Gasteiger partial charge is 0.378 e. The summed E-state index contributed by atoms with van der Waals surface area (Å²) in [6.45, 7) is 2.33. The van der Waals surface area contributed by atoms with Crippen LogP contribution in [0.2, 0.25) is 0 Å². The molecule has 0 bridgehead atoms. The van der Waals surface area contributed by atoms with Gasteiger partial charge < -0.3 is 9.64 Å². The van der Waals surface area contributed by atoms with Crippen molar-refractivity contribution in [2.75, 3.05) is 32.6 Å². The fourth-order valence-corrected chi connectivity index (χ4v) is 4.45. The number of fused-ring (bicyclic) bond motifs is 1. The van der Waals surface area contributed by atoms with Gasteiger partial charge in [0, 0.05) is 53.1 Å². The first-order chi connectivity index (χ1) is 15.6. The van der Waals surface area contributed by atoms with Gasteiger partial charge in [0.25, 0.3) is 5.91 Å². The van der Waals surface area contributed by atoms with Gasteiger partial charge in [0.2, 0.25) is 5.95 Å². The fraction of sp³-hybridized carbons (Fsp3) is 0.208. The van der Waals surface area contributed by atoms with Crippen molar-refractivity contribution in [3.63, 3.8) is 0 Å². The number of carbonyl (C=O) groups is 1. The first-order valence-electron chi connectivity index (χ1n) is 10.3. The average Bonchev–Trinajstić information content (AvgIpc) is 3.23. The second kappa shape index (κ2) is 8.72. The van der Waals surface area contributed by atoms with Crippen molar-refractivity contribution in [2.45, 2.75) is 4.90 Å². The highest BCUT2D eigenvalue weighted by atomic mass is 32.2. The van der Waals surface area contributed by atoms with Crippen LogP contribution in [0.3, 0.4) is 0 Å². The van der Waals surface area contributed by atoms with Crippen LogP contribution >= 0.6 is 11.8 Å². The van der Waals surface area contributed by atoms with Gasteiger partial charge in [0.05, 0.1) is 18.7 Å². The highest BCUT2D eigenvalue weighted by Gasteiger charge is 2.20. The Morgan fingerprint density at radius 1 is 1.03 bits per heavy atom. The van der Waals surface area contributed by atoms with E-state index in [-0.39, 0.29) is 11.7 Å². The predicted octanol–water partition coefficient (Wildman–Crippen LogP) is 4.42. The number of hydrogen-bond donors (Lipinski definition) is 0. The highest BCUT2D eigenvalue weighted by molar-refractivity contribution is 7.98. The number of amides is 1. The van der Waals surface area contributed by atoms with Crippen molar-refractivity contribution in [1.82, 2.24) is 19.4 Å². The molecule has 1 aliphatic heterocycles. The standard InChI is InChI=1S/C24H21FN4O2S/c1-32-22-15-29(24-26-13-18(14-27-24)16-2-5-19(25)6-3-16)21-12-17(4-7-20(21)22)23(30)28-8-10-31-11-9-28/h2-7,12-15H,8-11H2,1H3. The molecule has 2 aromatic carbocycles. The molecule has 1 saturated heterocycles. The van der Waals surface area contributed by atoms with Gasteiger partial charge in [-0.15, -0.1) is 11.8 Å². The lowest BCUT2D eigenvalue weighted by atomic mass is 10.1. The Labute approximate surface area is 189 Å². The van der Waals surface area contributed by atoms with Gasteiger partial charge in [0.1, 0.15) is 5.82 Å². The zero-order chi connectivity index (χ0) is 22.1. The molecule has 0 spiro atoms. The quantitative estimate of drug-likeness (QED) is 0.433. The Morgan fingerprint density at radius 3 is 2.44 bits per heavy atom. The first-order valence-corrected chi connectivity index (χ1v) is 11.5. The molecule has 5 rings (SSSR count). The van der Waals surface area contributed by atoms with Crippen molar-refractivity contribution in [3.05, 3.63) is 72.4 Å². The van der Waals surface area contributed by atoms with E-state index in [1.807, 2.05) is 40.1 Å². The molecule has 1 amide bonds. The van der Waals surface area contributed by atoms with Crippen LogP contribution in [0, 0.1) is 5.82 Å². The van der Waals surface area contributed by atoms with Crippen molar-refractivity contribution >= 4 is 28.6 Å². The van der Waals surface area contributed by atoms with E-state index in [1.54, 1.807) is 36.3 Å². The van der Waals surface area contributed by atoms with Gasteiger partial charge >= 0.3 is 0 Å². The predicted molar refractivity (Wildman–Crippen MR) is 123 cm³/mol. The number of morpholine rings is 1. The lowest BCUT2D eigenvalue weighted by Gasteiger charge is -2.26. The summed E-state index contributed by atoms with van der Waals surface area (Å²) < 4.78 is 20.5. The van der Waals surface area contributed by atoms with E-state index in [0.29, 0.717) is 37.8 Å². The van der Waals surface area contributed by atoms with Crippen molar-refractivity contribution in [3.8, 4) is 17.1 Å². The van der Waals surface area contributed by atoms with Gasteiger partial charge in [-0.2, -0.15) is 0 Å². The zero-order valence-corrected chi connectivity index (χ0v) is 18.3. The lowest BCUT2D eigenvalue weighted by molar-refractivity contribution is 0.0303. The van der Waals surface area contributed by atoms with Gasteiger partial charge in [-0.05, 0) is 36.1 Å². The molecular weight excluding hydrogens is 427 g/mol. The number of thioether (sulfide) groups is 1. The summed E-state index contributed by atoms with van der Waals surface area (Å²) in [5, 5.41) is 1.04. The maximum atomic E-state index is 13.2. The zero-order valence-electron chi connectivity index (χ0n) is 17.5. The minimum atomic E-state index is -0.280. The molecule has 8 heteroatoms. The Kier molecular flexibility index (Phi) is 5.63. The maximum absolute atomic E-state index is 13.2. The molecule has 4 aromatic rings. The third-order valence-electron chi connectivity index (χ3n) is 5.57. The van der Waals surface area contributed by atoms with Crippen molar-refractivity contribution in [1.29, 1.82) is 0 Å². The SMILES string of the molecule is CSc1cn(-c2ncc(-c3ccc(F)cc3)cn2)c2cc(C(=O)N3CCOCC3)ccc12. The van der Waals surface area contributed by atoms with Gasteiger partial charge in [-0.1, -0.05) is 18.2 Å². The molecule has 1 fully saturated rings. The number of aromatic nitrogens is 3. The molecular formula is C24H21FN4O2S. The van der Waals surface area contributed by atoms with Gasteiger partial charge in [0.15, 0.2) is 0 Å². The first kappa shape index (κ1) is 20.7. The van der Waals surface area contributed by atoms with E-state index in [9.17, 15) is 9.18 Å². The van der Waals surface area contributed by atoms with Crippen LogP contribution in [0.25, 0.3) is 28.0 Å². The molecule has 0 radical (unpaired) electrons. The Hall–Kier alpha value is -3.23. The Balaban J connectivity index is 1.52. The summed E-state index contributed by atoms with van der Waals surface area (Å²) in [4.78, 5) is 25.0. The van der Waals surface area contributed by atoms with Crippen LogP contribution in [0.15, 0.2) is 66.0 Å². The number of ether oxygens (including phenoxy) is 1.